The van der Waals surface area contributed by atoms with Gasteiger partial charge in [0.15, 0.2) is 0 Å². The summed E-state index contributed by atoms with van der Waals surface area (Å²) in [6.07, 6.45) is -4.05. The van der Waals surface area contributed by atoms with E-state index in [1.165, 1.54) is 38.1 Å². The van der Waals surface area contributed by atoms with Crippen molar-refractivity contribution in [1.29, 1.82) is 0 Å². The van der Waals surface area contributed by atoms with Crippen molar-refractivity contribution in [3.63, 3.8) is 0 Å². The first-order chi connectivity index (χ1) is 35.0. The van der Waals surface area contributed by atoms with Gasteiger partial charge in [-0.25, -0.2) is 4.79 Å². The van der Waals surface area contributed by atoms with Crippen molar-refractivity contribution in [3.05, 3.63) is 29.8 Å². The van der Waals surface area contributed by atoms with Crippen LogP contribution in [0.15, 0.2) is 24.3 Å². The fraction of sp³-hybridized carbons (Fsp3) is 0.596. The lowest BCUT2D eigenvalue weighted by atomic mass is 9.96. The van der Waals surface area contributed by atoms with Crippen LogP contribution < -0.4 is 48.3 Å². The van der Waals surface area contributed by atoms with Crippen LogP contribution in [0.5, 0.6) is 5.75 Å². The van der Waals surface area contributed by atoms with Crippen molar-refractivity contribution >= 4 is 77.1 Å². The quantitative estimate of drug-likeness (QED) is 0.0343. The molecule has 0 aliphatic heterocycles. The Morgan fingerprint density at radius 2 is 0.760 bits per heavy atom. The Kier molecular flexibility index (Phi) is 28.0. The number of hydrogen-bond acceptors (Lipinski definition) is 15. The van der Waals surface area contributed by atoms with Crippen molar-refractivity contribution in [1.82, 2.24) is 42.5 Å². The second-order valence-electron chi connectivity index (χ2n) is 18.0. The van der Waals surface area contributed by atoms with E-state index in [2.05, 4.69) is 42.5 Å². The molecule has 0 radical (unpaired) electrons. The number of rotatable bonds is 35. The average molecular weight is 1070 g/mol. The fourth-order valence-corrected chi connectivity index (χ4v) is 6.88. The molecule has 75 heavy (non-hydrogen) atoms. The van der Waals surface area contributed by atoms with Crippen LogP contribution >= 0.6 is 0 Å². The number of nitrogens with two attached hydrogens (primary N) is 1. The molecule has 1 rings (SSSR count). The Bertz CT molecular complexity index is 2210. The number of phenolic OH excluding ortho intramolecular Hbond substituents is 1. The Labute approximate surface area is 431 Å². The highest BCUT2D eigenvalue weighted by molar-refractivity contribution is 5.98. The van der Waals surface area contributed by atoms with Crippen LogP contribution in [0.3, 0.4) is 0 Å². The number of phenols is 1. The third-order valence-corrected chi connectivity index (χ3v) is 11.9. The van der Waals surface area contributed by atoms with E-state index in [-0.39, 0.29) is 31.4 Å². The van der Waals surface area contributed by atoms with Gasteiger partial charge >= 0.3 is 29.8 Å². The third kappa shape index (κ3) is 24.1. The van der Waals surface area contributed by atoms with Crippen LogP contribution in [0.4, 0.5) is 0 Å². The van der Waals surface area contributed by atoms with E-state index >= 15 is 0 Å². The highest BCUT2D eigenvalue weighted by Crippen LogP contribution is 2.15. The Morgan fingerprint density at radius 3 is 1.19 bits per heavy atom. The molecule has 0 heterocycles. The van der Waals surface area contributed by atoms with Gasteiger partial charge in [0.25, 0.3) is 0 Å². The summed E-state index contributed by atoms with van der Waals surface area (Å²) in [6, 6.07) is -8.30. The molecule has 418 valence electrons. The number of carboxylic acid groups (broad SMARTS) is 5. The predicted molar refractivity (Wildman–Crippen MR) is 261 cm³/mol. The number of aromatic hydroxyl groups is 1. The van der Waals surface area contributed by atoms with E-state index in [9.17, 15) is 82.8 Å². The van der Waals surface area contributed by atoms with Crippen molar-refractivity contribution in [3.8, 4) is 5.75 Å². The van der Waals surface area contributed by atoms with Crippen molar-refractivity contribution < 1.29 is 93.0 Å². The van der Waals surface area contributed by atoms with Gasteiger partial charge < -0.3 is 78.9 Å². The Morgan fingerprint density at radius 1 is 0.427 bits per heavy atom. The molecule has 8 amide bonds. The number of benzene rings is 1. The van der Waals surface area contributed by atoms with E-state index in [1.54, 1.807) is 27.7 Å². The number of nitrogens with one attached hydrogen (secondary N) is 8. The van der Waals surface area contributed by atoms with Crippen LogP contribution in [0, 0.1) is 11.8 Å². The summed E-state index contributed by atoms with van der Waals surface area (Å²) in [5, 5.41) is 75.4. The second-order valence-corrected chi connectivity index (χ2v) is 18.0. The predicted octanol–water partition coefficient (Wildman–Crippen LogP) is -2.18. The molecule has 1 aromatic carbocycles. The third-order valence-electron chi connectivity index (χ3n) is 11.9. The summed E-state index contributed by atoms with van der Waals surface area (Å²) < 4.78 is 0. The zero-order valence-corrected chi connectivity index (χ0v) is 42.5. The molecule has 16 N–H and O–H groups in total. The fourth-order valence-electron chi connectivity index (χ4n) is 6.88. The molecule has 0 aliphatic rings. The van der Waals surface area contributed by atoms with Crippen LogP contribution in [0.2, 0.25) is 0 Å². The molecular weight excluding hydrogens is 995 g/mol. The first kappa shape index (κ1) is 65.1. The van der Waals surface area contributed by atoms with E-state index < -0.39 is 188 Å². The van der Waals surface area contributed by atoms with Gasteiger partial charge in [0, 0.05) is 32.1 Å². The SMILES string of the molecule is CC[C@H](C)[C@H](NC(=O)[C@H](C)NC(=O)[C@H](CCC(=O)O)NC(=O)[C@H](Cc1ccc(O)cc1)NC(=O)[C@@H](NC(=O)[C@H](CCC(=O)O)NC(=O)[C@H](C)NC(=O)[C@@H](N)CCC(=O)O)[C@@H](C)CC)C(=O)N[C@@H](CCC(=O)O)C(=O)O. The standard InChI is InChI=1S/C47H71N9O19/c1-7-22(3)37(45(72)53-31(47(74)75)16-20-36(64)65)55-40(67)25(6)50-42(69)29(14-18-34(60)61)52-44(71)32(21-26-9-11-27(57)12-10-26)54-46(73)38(23(4)8-2)56-43(70)30(15-19-35(62)63)51-39(66)24(5)49-41(68)28(48)13-17-33(58)59/h9-12,22-25,28-32,37-38,57H,7-8,13-21,48H2,1-6H3,(H,49,68)(H,50,69)(H,51,66)(H,52,71)(H,53,72)(H,54,73)(H,55,67)(H,56,70)(H,58,59)(H,60,61)(H,62,63)(H,64,65)(H,74,75)/t22-,23-,24-,25-,28-,29-,30-,31-,32-,37-,38-/m0/s1. The lowest BCUT2D eigenvalue weighted by molar-refractivity contribution is -0.144. The molecule has 0 aromatic heterocycles. The van der Waals surface area contributed by atoms with Crippen LogP contribution in [-0.2, 0) is 68.7 Å². The van der Waals surface area contributed by atoms with E-state index in [0.717, 1.165) is 0 Å². The molecule has 0 fully saturated rings. The first-order valence-electron chi connectivity index (χ1n) is 24.1. The van der Waals surface area contributed by atoms with E-state index in [0.29, 0.717) is 5.56 Å². The maximum Gasteiger partial charge on any atom is 0.326 e. The van der Waals surface area contributed by atoms with Crippen molar-refractivity contribution in [2.24, 2.45) is 17.6 Å². The maximum atomic E-state index is 14.2. The zero-order valence-electron chi connectivity index (χ0n) is 42.5. The number of carbonyl (C=O) groups is 13. The van der Waals surface area contributed by atoms with Gasteiger partial charge in [-0.1, -0.05) is 52.7 Å². The van der Waals surface area contributed by atoms with Crippen LogP contribution in [0.25, 0.3) is 0 Å². The molecule has 0 saturated heterocycles. The molecular formula is C47H71N9O19. The number of amides is 8. The van der Waals surface area contributed by atoms with Gasteiger partial charge in [-0.3, -0.25) is 57.5 Å². The number of carbonyl (C=O) groups excluding carboxylic acids is 8. The van der Waals surface area contributed by atoms with Gasteiger partial charge in [0.05, 0.1) is 6.04 Å². The largest absolute Gasteiger partial charge is 0.508 e. The van der Waals surface area contributed by atoms with Crippen LogP contribution in [0.1, 0.15) is 111 Å². The molecule has 0 saturated carbocycles. The monoisotopic (exact) mass is 1070 g/mol. The normalized spacial score (nSPS) is 15.3. The molecule has 0 bridgehead atoms. The van der Waals surface area contributed by atoms with Crippen LogP contribution in [-0.4, -0.2) is 162 Å². The highest BCUT2D eigenvalue weighted by atomic mass is 16.4. The van der Waals surface area contributed by atoms with Gasteiger partial charge in [0.2, 0.25) is 47.3 Å². The molecule has 0 unspecified atom stereocenters. The summed E-state index contributed by atoms with van der Waals surface area (Å²) in [4.78, 5) is 166. The molecule has 0 aliphatic carbocycles. The average Bonchev–Trinajstić information content (AvgIpc) is 3.34. The lowest BCUT2D eigenvalue weighted by Crippen LogP contribution is -2.61. The number of aliphatic carboxylic acids is 5. The first-order valence-corrected chi connectivity index (χ1v) is 24.1. The summed E-state index contributed by atoms with van der Waals surface area (Å²) in [6.45, 7) is 8.84. The molecule has 28 heteroatoms. The Hall–Kier alpha value is -7.91. The number of carboxylic acids is 5. The lowest BCUT2D eigenvalue weighted by Gasteiger charge is -2.29. The molecule has 0 spiro atoms. The minimum atomic E-state index is -1.71. The van der Waals surface area contributed by atoms with Gasteiger partial charge in [0.1, 0.15) is 54.1 Å². The maximum absolute atomic E-state index is 14.2. The topological polar surface area (TPSA) is 466 Å². The summed E-state index contributed by atoms with van der Waals surface area (Å²) in [5.41, 5.74) is 6.06. The van der Waals surface area contributed by atoms with E-state index in [4.69, 9.17) is 15.9 Å². The van der Waals surface area contributed by atoms with Gasteiger partial charge in [-0.2, -0.15) is 0 Å². The van der Waals surface area contributed by atoms with Gasteiger partial charge in [-0.15, -0.1) is 0 Å². The van der Waals surface area contributed by atoms with Gasteiger partial charge in [-0.05, 0) is 69.1 Å². The summed E-state index contributed by atoms with van der Waals surface area (Å²) >= 11 is 0. The summed E-state index contributed by atoms with van der Waals surface area (Å²) in [5.74, 6) is -16.4. The minimum Gasteiger partial charge on any atom is -0.508 e. The molecule has 28 nitrogen and oxygen atoms in total. The van der Waals surface area contributed by atoms with Crippen molar-refractivity contribution in [2.75, 3.05) is 0 Å². The smallest absolute Gasteiger partial charge is 0.326 e. The Balaban J connectivity index is 3.51. The summed E-state index contributed by atoms with van der Waals surface area (Å²) in [7, 11) is 0. The second kappa shape index (κ2) is 32.3. The van der Waals surface area contributed by atoms with E-state index in [1.807, 2.05) is 0 Å². The molecule has 11 atom stereocenters. The minimum absolute atomic E-state index is 0.163. The zero-order chi connectivity index (χ0) is 57.3. The highest BCUT2D eigenvalue weighted by Gasteiger charge is 2.36. The number of hydrogen-bond donors (Lipinski definition) is 15. The van der Waals surface area contributed by atoms with Crippen molar-refractivity contribution in [2.45, 2.75) is 167 Å². The molecule has 1 aromatic rings.